The van der Waals surface area contributed by atoms with E-state index < -0.39 is 18.3 Å². The minimum Gasteiger partial charge on any atom is -0.440 e. The summed E-state index contributed by atoms with van der Waals surface area (Å²) in [5.41, 5.74) is 2.46. The molecule has 3 aromatic rings. The van der Waals surface area contributed by atoms with Crippen LogP contribution in [0.3, 0.4) is 0 Å². The van der Waals surface area contributed by atoms with Crippen LogP contribution in [0.4, 0.5) is 4.79 Å². The highest BCUT2D eigenvalue weighted by Gasteiger charge is 2.34. The average Bonchev–Trinajstić information content (AvgIpc) is 3.12. The SMILES string of the molecule is C=CC1CCC(OC(=O)N2CCC(n3c(=O)[nH]c4ncccc43)CC2)c2ncccc2C1O. The molecule has 2 aliphatic rings. The third kappa shape index (κ3) is 3.93. The first-order valence-electron chi connectivity index (χ1n) is 11.3. The lowest BCUT2D eigenvalue weighted by atomic mass is 9.95. The zero-order valence-electron chi connectivity index (χ0n) is 18.3. The van der Waals surface area contributed by atoms with Crippen LogP contribution in [0, 0.1) is 5.92 Å². The fraction of sp³-hybridized carbons (Fsp3) is 0.417. The van der Waals surface area contributed by atoms with Gasteiger partial charge in [0.1, 0.15) is 6.10 Å². The molecule has 5 rings (SSSR count). The van der Waals surface area contributed by atoms with E-state index in [0.717, 1.165) is 5.52 Å². The lowest BCUT2D eigenvalue weighted by Gasteiger charge is -2.32. The lowest BCUT2D eigenvalue weighted by molar-refractivity contribution is 0.0467. The van der Waals surface area contributed by atoms with E-state index in [4.69, 9.17) is 4.74 Å². The molecule has 172 valence electrons. The molecule has 2 N–H and O–H groups in total. The van der Waals surface area contributed by atoms with Crippen molar-refractivity contribution < 1.29 is 14.6 Å². The van der Waals surface area contributed by atoms with Crippen molar-refractivity contribution >= 4 is 17.3 Å². The molecule has 0 bridgehead atoms. The Labute approximate surface area is 190 Å². The van der Waals surface area contributed by atoms with E-state index in [2.05, 4.69) is 21.5 Å². The van der Waals surface area contributed by atoms with Crippen molar-refractivity contribution in [2.45, 2.75) is 43.9 Å². The zero-order chi connectivity index (χ0) is 22.9. The average molecular weight is 450 g/mol. The van der Waals surface area contributed by atoms with E-state index in [1.54, 1.807) is 34.0 Å². The second kappa shape index (κ2) is 8.82. The molecule has 3 aromatic heterocycles. The van der Waals surface area contributed by atoms with E-state index in [0.29, 0.717) is 55.7 Å². The highest BCUT2D eigenvalue weighted by atomic mass is 16.6. The van der Waals surface area contributed by atoms with Crippen LogP contribution < -0.4 is 5.69 Å². The molecule has 1 aliphatic carbocycles. The summed E-state index contributed by atoms with van der Waals surface area (Å²) in [6, 6.07) is 7.28. The van der Waals surface area contributed by atoms with Crippen molar-refractivity contribution in [3.63, 3.8) is 0 Å². The highest BCUT2D eigenvalue weighted by molar-refractivity contribution is 5.70. The van der Waals surface area contributed by atoms with Crippen LogP contribution in [0.1, 0.15) is 55.2 Å². The molecule has 0 spiro atoms. The fourth-order valence-electron chi connectivity index (χ4n) is 5.00. The van der Waals surface area contributed by atoms with Gasteiger partial charge in [-0.05, 0) is 43.9 Å². The molecule has 33 heavy (non-hydrogen) atoms. The molecule has 1 aliphatic heterocycles. The van der Waals surface area contributed by atoms with E-state index in [1.807, 2.05) is 18.2 Å². The Hall–Kier alpha value is -3.46. The maximum absolute atomic E-state index is 13.0. The number of H-pyrrole nitrogens is 1. The van der Waals surface area contributed by atoms with Crippen molar-refractivity contribution in [3.05, 3.63) is 71.1 Å². The topological polar surface area (TPSA) is 113 Å². The summed E-state index contributed by atoms with van der Waals surface area (Å²) in [4.78, 5) is 38.6. The largest absolute Gasteiger partial charge is 0.440 e. The van der Waals surface area contributed by atoms with Crippen LogP contribution in [0.5, 0.6) is 0 Å². The van der Waals surface area contributed by atoms with Gasteiger partial charge in [0, 0.05) is 43.0 Å². The monoisotopic (exact) mass is 449 g/mol. The number of nitrogens with one attached hydrogen (secondary N) is 1. The van der Waals surface area contributed by atoms with Crippen molar-refractivity contribution in [1.82, 2.24) is 24.4 Å². The second-order valence-electron chi connectivity index (χ2n) is 8.66. The Balaban J connectivity index is 1.28. The van der Waals surface area contributed by atoms with Crippen molar-refractivity contribution in [2.24, 2.45) is 5.92 Å². The molecule has 1 amide bonds. The number of aliphatic hydroxyl groups is 1. The first-order valence-corrected chi connectivity index (χ1v) is 11.3. The number of carbonyl (C=O) groups excluding carboxylic acids is 1. The molecule has 3 atom stereocenters. The number of piperidine rings is 1. The van der Waals surface area contributed by atoms with Crippen molar-refractivity contribution in [1.29, 1.82) is 0 Å². The Kier molecular flexibility index (Phi) is 5.72. The smallest absolute Gasteiger partial charge is 0.410 e. The van der Waals surface area contributed by atoms with Gasteiger partial charge < -0.3 is 14.7 Å². The van der Waals surface area contributed by atoms with E-state index in [-0.39, 0.29) is 17.6 Å². The number of likely N-dealkylation sites (tertiary alicyclic amines) is 1. The quantitative estimate of drug-likeness (QED) is 0.469. The number of hydrogen-bond acceptors (Lipinski definition) is 6. The molecule has 3 unspecified atom stereocenters. The van der Waals surface area contributed by atoms with Gasteiger partial charge in [0.15, 0.2) is 5.65 Å². The van der Waals surface area contributed by atoms with Gasteiger partial charge in [0.05, 0.1) is 17.3 Å². The van der Waals surface area contributed by atoms with Crippen molar-refractivity contribution in [2.75, 3.05) is 13.1 Å². The number of aliphatic hydroxyl groups excluding tert-OH is 1. The van der Waals surface area contributed by atoms with E-state index in [1.165, 1.54) is 0 Å². The molecule has 0 radical (unpaired) electrons. The molecule has 1 fully saturated rings. The number of ether oxygens (including phenoxy) is 1. The molecule has 9 heteroatoms. The number of aromatic nitrogens is 4. The van der Waals surface area contributed by atoms with Gasteiger partial charge >= 0.3 is 11.8 Å². The summed E-state index contributed by atoms with van der Waals surface area (Å²) in [7, 11) is 0. The highest BCUT2D eigenvalue weighted by Crippen LogP contribution is 2.39. The van der Waals surface area contributed by atoms with Gasteiger partial charge in [-0.15, -0.1) is 6.58 Å². The third-order valence-corrected chi connectivity index (χ3v) is 6.79. The molecule has 9 nitrogen and oxygen atoms in total. The molecule has 0 saturated carbocycles. The molecular formula is C24H27N5O4. The van der Waals surface area contributed by atoms with Crippen LogP contribution in [-0.2, 0) is 4.74 Å². The fourth-order valence-corrected chi connectivity index (χ4v) is 5.00. The Bertz CT molecular complexity index is 1230. The minimum atomic E-state index is -0.713. The van der Waals surface area contributed by atoms with E-state index in [9.17, 15) is 14.7 Å². The Morgan fingerprint density at radius 2 is 1.91 bits per heavy atom. The number of imidazole rings is 1. The number of nitrogens with zero attached hydrogens (tertiary/aromatic N) is 4. The van der Waals surface area contributed by atoms with Gasteiger partial charge in [-0.25, -0.2) is 14.6 Å². The number of amides is 1. The van der Waals surface area contributed by atoms with E-state index >= 15 is 0 Å². The summed E-state index contributed by atoms with van der Waals surface area (Å²) >= 11 is 0. The molecule has 4 heterocycles. The number of fused-ring (bicyclic) bond motifs is 2. The maximum Gasteiger partial charge on any atom is 0.410 e. The van der Waals surface area contributed by atoms with Crippen LogP contribution >= 0.6 is 0 Å². The summed E-state index contributed by atoms with van der Waals surface area (Å²) in [5.74, 6) is -0.114. The van der Waals surface area contributed by atoms with Gasteiger partial charge in [0.25, 0.3) is 0 Å². The zero-order valence-corrected chi connectivity index (χ0v) is 18.3. The van der Waals surface area contributed by atoms with Crippen LogP contribution in [0.15, 0.2) is 54.1 Å². The summed E-state index contributed by atoms with van der Waals surface area (Å²) in [6.07, 6.45) is 5.94. The predicted molar refractivity (Wildman–Crippen MR) is 122 cm³/mol. The lowest BCUT2D eigenvalue weighted by Crippen LogP contribution is -2.41. The van der Waals surface area contributed by atoms with Crippen LogP contribution in [0.2, 0.25) is 0 Å². The summed E-state index contributed by atoms with van der Waals surface area (Å²) in [5, 5.41) is 10.7. The normalized spacial score (nSPS) is 23.7. The predicted octanol–water partition coefficient (Wildman–Crippen LogP) is 3.26. The second-order valence-corrected chi connectivity index (χ2v) is 8.66. The maximum atomic E-state index is 13.0. The van der Waals surface area contributed by atoms with Gasteiger partial charge in [-0.1, -0.05) is 12.1 Å². The first-order chi connectivity index (χ1) is 16.1. The third-order valence-electron chi connectivity index (χ3n) is 6.79. The number of hydrogen-bond donors (Lipinski definition) is 2. The summed E-state index contributed by atoms with van der Waals surface area (Å²) in [6.45, 7) is 4.81. The number of rotatable bonds is 3. The Morgan fingerprint density at radius 3 is 2.70 bits per heavy atom. The summed E-state index contributed by atoms with van der Waals surface area (Å²) < 4.78 is 7.64. The first kappa shape index (κ1) is 21.4. The van der Waals surface area contributed by atoms with Gasteiger partial charge in [-0.3, -0.25) is 14.5 Å². The molecule has 0 aromatic carbocycles. The van der Waals surface area contributed by atoms with Crippen LogP contribution in [-0.4, -0.2) is 48.7 Å². The minimum absolute atomic E-state index is 0.0109. The number of carbonyl (C=O) groups is 1. The Morgan fingerprint density at radius 1 is 1.15 bits per heavy atom. The van der Waals surface area contributed by atoms with Crippen LogP contribution in [0.25, 0.3) is 11.2 Å². The van der Waals surface area contributed by atoms with Gasteiger partial charge in [0.2, 0.25) is 0 Å². The van der Waals surface area contributed by atoms with Crippen molar-refractivity contribution in [3.8, 4) is 0 Å². The van der Waals surface area contributed by atoms with Gasteiger partial charge in [-0.2, -0.15) is 0 Å². The molecular weight excluding hydrogens is 422 g/mol. The number of aromatic amines is 1. The standard InChI is InChI=1S/C24H27N5O4/c1-2-15-7-8-19(20-17(21(15)30)5-3-11-25-20)33-24(32)28-13-9-16(10-14-28)29-18-6-4-12-26-22(18)27-23(29)31/h2-6,11-12,15-16,19,21,30H,1,7-10,13-14H2,(H,26,27,31). The molecule has 1 saturated heterocycles. The number of pyridine rings is 2.